The van der Waals surface area contributed by atoms with Crippen molar-refractivity contribution in [1.82, 2.24) is 9.97 Å². The molecular formula is C23H25N3. The van der Waals surface area contributed by atoms with E-state index in [1.165, 1.54) is 11.1 Å². The van der Waals surface area contributed by atoms with E-state index in [0.29, 0.717) is 5.70 Å². The van der Waals surface area contributed by atoms with Crippen molar-refractivity contribution in [3.63, 3.8) is 0 Å². The zero-order chi connectivity index (χ0) is 18.8. The van der Waals surface area contributed by atoms with Crippen LogP contribution in [0.4, 0.5) is 0 Å². The van der Waals surface area contributed by atoms with E-state index in [4.69, 9.17) is 10.7 Å². The molecule has 0 fully saturated rings. The number of aryl methyl sites for hydroxylation is 2. The minimum absolute atomic E-state index is 0.0431. The molecule has 1 atom stereocenters. The Labute approximate surface area is 155 Å². The van der Waals surface area contributed by atoms with Crippen molar-refractivity contribution < 1.29 is 0 Å². The molecule has 3 nitrogen and oxygen atoms in total. The van der Waals surface area contributed by atoms with Gasteiger partial charge in [-0.3, -0.25) is 0 Å². The predicted molar refractivity (Wildman–Crippen MR) is 111 cm³/mol. The molecule has 1 aromatic carbocycles. The first kappa shape index (κ1) is 17.7. The second kappa shape index (κ2) is 7.04. The highest BCUT2D eigenvalue weighted by Gasteiger charge is 2.17. The van der Waals surface area contributed by atoms with Crippen molar-refractivity contribution in [2.24, 2.45) is 5.73 Å². The second-order valence-corrected chi connectivity index (χ2v) is 6.84. The van der Waals surface area contributed by atoms with Crippen LogP contribution in [0.3, 0.4) is 0 Å². The summed E-state index contributed by atoms with van der Waals surface area (Å²) in [4.78, 5) is 8.38. The van der Waals surface area contributed by atoms with Crippen molar-refractivity contribution >= 4 is 5.57 Å². The van der Waals surface area contributed by atoms with Crippen molar-refractivity contribution in [2.45, 2.75) is 26.7 Å². The van der Waals surface area contributed by atoms with Crippen LogP contribution in [0.25, 0.3) is 16.8 Å². The molecule has 3 N–H and O–H groups in total. The highest BCUT2D eigenvalue weighted by atomic mass is 14.9. The largest absolute Gasteiger partial charge is 0.399 e. The Hall–Kier alpha value is -3.07. The normalized spacial score (nSPS) is 16.3. The van der Waals surface area contributed by atoms with Gasteiger partial charge in [-0.1, -0.05) is 55.7 Å². The Morgan fingerprint density at radius 3 is 2.58 bits per heavy atom. The van der Waals surface area contributed by atoms with Gasteiger partial charge in [-0.25, -0.2) is 4.98 Å². The fraction of sp³-hybridized carbons (Fsp3) is 0.174. The lowest BCUT2D eigenvalue weighted by atomic mass is 10.0. The van der Waals surface area contributed by atoms with Crippen LogP contribution in [-0.4, -0.2) is 9.97 Å². The zero-order valence-electron chi connectivity index (χ0n) is 15.6. The maximum absolute atomic E-state index is 5.81. The lowest BCUT2D eigenvalue weighted by molar-refractivity contribution is 0.948. The number of rotatable bonds is 4. The minimum Gasteiger partial charge on any atom is -0.399 e. The monoisotopic (exact) mass is 343 g/mol. The second-order valence-electron chi connectivity index (χ2n) is 6.84. The third-order valence-electron chi connectivity index (χ3n) is 4.69. The van der Waals surface area contributed by atoms with E-state index in [0.717, 1.165) is 33.9 Å². The number of H-pyrrole nitrogens is 1. The SMILES string of the molecule is C=C(N)C1=CC=CC(c2nc(-c3ccc(C)c(C)c3)c(C(=C)C)[nH]2)C=C1. The van der Waals surface area contributed by atoms with E-state index in [1.807, 2.05) is 25.2 Å². The molecule has 3 heteroatoms. The number of nitrogens with one attached hydrogen (secondary N) is 1. The van der Waals surface area contributed by atoms with Gasteiger partial charge >= 0.3 is 0 Å². The maximum Gasteiger partial charge on any atom is 0.118 e. The van der Waals surface area contributed by atoms with Crippen LogP contribution in [0.1, 0.15) is 35.5 Å². The number of allylic oxidation sites excluding steroid dienone is 6. The van der Waals surface area contributed by atoms with Gasteiger partial charge in [0.1, 0.15) is 5.82 Å². The fourth-order valence-corrected chi connectivity index (χ4v) is 2.96. The van der Waals surface area contributed by atoms with E-state index >= 15 is 0 Å². The molecule has 1 unspecified atom stereocenters. The summed E-state index contributed by atoms with van der Waals surface area (Å²) in [5.74, 6) is 0.933. The van der Waals surface area contributed by atoms with Gasteiger partial charge in [0, 0.05) is 11.3 Å². The van der Waals surface area contributed by atoms with E-state index in [2.05, 4.69) is 62.3 Å². The number of imidazole rings is 1. The van der Waals surface area contributed by atoms with Gasteiger partial charge in [0.05, 0.1) is 17.3 Å². The molecule has 1 aromatic heterocycles. The molecule has 0 saturated carbocycles. The first-order chi connectivity index (χ1) is 12.4. The van der Waals surface area contributed by atoms with Gasteiger partial charge < -0.3 is 10.7 Å². The summed E-state index contributed by atoms with van der Waals surface area (Å²) in [6, 6.07) is 6.43. The molecule has 1 aliphatic carbocycles. The van der Waals surface area contributed by atoms with Crippen molar-refractivity contribution in [2.75, 3.05) is 0 Å². The third kappa shape index (κ3) is 3.47. The minimum atomic E-state index is 0.0431. The summed E-state index contributed by atoms with van der Waals surface area (Å²) in [5, 5.41) is 0. The van der Waals surface area contributed by atoms with Gasteiger partial charge in [0.25, 0.3) is 0 Å². The van der Waals surface area contributed by atoms with Crippen LogP contribution in [0, 0.1) is 13.8 Å². The number of aromatic amines is 1. The lowest BCUT2D eigenvalue weighted by Gasteiger charge is -2.05. The Morgan fingerprint density at radius 2 is 1.92 bits per heavy atom. The molecular weight excluding hydrogens is 318 g/mol. The number of nitrogens with zero attached hydrogens (tertiary/aromatic N) is 1. The summed E-state index contributed by atoms with van der Waals surface area (Å²) in [7, 11) is 0. The van der Waals surface area contributed by atoms with E-state index in [-0.39, 0.29) is 5.92 Å². The molecule has 0 aliphatic heterocycles. The summed E-state index contributed by atoms with van der Waals surface area (Å²) in [6.45, 7) is 14.2. The smallest absolute Gasteiger partial charge is 0.118 e. The van der Waals surface area contributed by atoms with Crippen LogP contribution >= 0.6 is 0 Å². The number of nitrogens with two attached hydrogens (primary N) is 1. The number of hydrogen-bond donors (Lipinski definition) is 2. The molecule has 1 aliphatic rings. The molecule has 3 rings (SSSR count). The van der Waals surface area contributed by atoms with Crippen LogP contribution in [0.15, 0.2) is 73.0 Å². The molecule has 0 radical (unpaired) electrons. The highest BCUT2D eigenvalue weighted by Crippen LogP contribution is 2.31. The number of benzene rings is 1. The Bertz CT molecular complexity index is 967. The van der Waals surface area contributed by atoms with Crippen molar-refractivity contribution in [3.8, 4) is 11.3 Å². The molecule has 2 aromatic rings. The Balaban J connectivity index is 2.03. The van der Waals surface area contributed by atoms with Crippen LogP contribution in [-0.2, 0) is 0 Å². The Morgan fingerprint density at radius 1 is 1.15 bits per heavy atom. The average molecular weight is 343 g/mol. The molecule has 0 saturated heterocycles. The van der Waals surface area contributed by atoms with Gasteiger partial charge in [0.2, 0.25) is 0 Å². The summed E-state index contributed by atoms with van der Waals surface area (Å²) in [5.41, 5.74) is 13.8. The molecule has 0 spiro atoms. The molecule has 26 heavy (non-hydrogen) atoms. The zero-order valence-corrected chi connectivity index (χ0v) is 15.6. The Kier molecular flexibility index (Phi) is 4.81. The van der Waals surface area contributed by atoms with Crippen molar-refractivity contribution in [1.29, 1.82) is 0 Å². The van der Waals surface area contributed by atoms with Crippen molar-refractivity contribution in [3.05, 3.63) is 95.7 Å². The first-order valence-corrected chi connectivity index (χ1v) is 8.71. The highest BCUT2D eigenvalue weighted by molar-refractivity contribution is 5.76. The lowest BCUT2D eigenvalue weighted by Crippen LogP contribution is -1.97. The van der Waals surface area contributed by atoms with Crippen LogP contribution in [0.5, 0.6) is 0 Å². The molecule has 0 amide bonds. The van der Waals surface area contributed by atoms with Gasteiger partial charge in [-0.05, 0) is 49.1 Å². The molecule has 132 valence electrons. The third-order valence-corrected chi connectivity index (χ3v) is 4.69. The van der Waals surface area contributed by atoms with E-state index in [9.17, 15) is 0 Å². The van der Waals surface area contributed by atoms with Crippen LogP contribution in [0.2, 0.25) is 0 Å². The number of aromatic nitrogens is 2. The quantitative estimate of drug-likeness (QED) is 0.788. The summed E-state index contributed by atoms with van der Waals surface area (Å²) >= 11 is 0. The van der Waals surface area contributed by atoms with Crippen LogP contribution < -0.4 is 5.73 Å². The van der Waals surface area contributed by atoms with Gasteiger partial charge in [-0.15, -0.1) is 0 Å². The summed E-state index contributed by atoms with van der Waals surface area (Å²) in [6.07, 6.45) is 10.1. The summed E-state index contributed by atoms with van der Waals surface area (Å²) < 4.78 is 0. The first-order valence-electron chi connectivity index (χ1n) is 8.71. The van der Waals surface area contributed by atoms with E-state index < -0.39 is 0 Å². The average Bonchev–Trinajstić information content (AvgIpc) is 2.88. The standard InChI is InChI=1S/C23H25N3/c1-14(2)21-22(20-10-9-15(3)16(4)13-20)26-23(25-21)19-8-6-7-18(11-12-19)17(5)24/h6-13,19H,1,5,24H2,2-4H3,(H,25,26). The number of hydrogen-bond acceptors (Lipinski definition) is 2. The molecule has 1 heterocycles. The van der Waals surface area contributed by atoms with Gasteiger partial charge in [0.15, 0.2) is 0 Å². The fourth-order valence-electron chi connectivity index (χ4n) is 2.96. The van der Waals surface area contributed by atoms with Gasteiger partial charge in [-0.2, -0.15) is 0 Å². The van der Waals surface area contributed by atoms with E-state index in [1.54, 1.807) is 0 Å². The molecule has 0 bridgehead atoms. The topological polar surface area (TPSA) is 54.7 Å². The predicted octanol–water partition coefficient (Wildman–Crippen LogP) is 5.34. The maximum atomic E-state index is 5.81.